The standard InChI is InChI=1S/C12H22N2O/c1-6-7-13-12(15)9-14(11(4)5)8-10(2)3/h1,10-11H,7-9H2,2-5H3,(H,13,15). The first-order valence-corrected chi connectivity index (χ1v) is 5.41. The Kier molecular flexibility index (Phi) is 6.81. The molecule has 0 aliphatic heterocycles. The average molecular weight is 210 g/mol. The second-order valence-electron chi connectivity index (χ2n) is 4.40. The van der Waals surface area contributed by atoms with Gasteiger partial charge in [-0.15, -0.1) is 6.42 Å². The van der Waals surface area contributed by atoms with Crippen molar-refractivity contribution in [1.29, 1.82) is 0 Å². The molecule has 0 spiro atoms. The number of nitrogens with zero attached hydrogens (tertiary/aromatic N) is 1. The molecule has 0 aromatic rings. The number of hydrogen-bond donors (Lipinski definition) is 1. The number of terminal acetylenes is 1. The van der Waals surface area contributed by atoms with Crippen LogP contribution in [0.2, 0.25) is 0 Å². The van der Waals surface area contributed by atoms with Crippen LogP contribution in [0.15, 0.2) is 0 Å². The van der Waals surface area contributed by atoms with E-state index in [9.17, 15) is 4.79 Å². The maximum atomic E-state index is 11.4. The van der Waals surface area contributed by atoms with Crippen molar-refractivity contribution in [1.82, 2.24) is 10.2 Å². The van der Waals surface area contributed by atoms with Crippen LogP contribution in [-0.2, 0) is 4.79 Å². The molecular weight excluding hydrogens is 188 g/mol. The van der Waals surface area contributed by atoms with E-state index in [1.54, 1.807) is 0 Å². The second-order valence-corrected chi connectivity index (χ2v) is 4.40. The molecule has 0 saturated carbocycles. The molecule has 15 heavy (non-hydrogen) atoms. The zero-order valence-electron chi connectivity index (χ0n) is 10.2. The highest BCUT2D eigenvalue weighted by Crippen LogP contribution is 2.03. The van der Waals surface area contributed by atoms with E-state index >= 15 is 0 Å². The van der Waals surface area contributed by atoms with Gasteiger partial charge in [-0.3, -0.25) is 9.69 Å². The Labute approximate surface area is 93.2 Å². The minimum Gasteiger partial charge on any atom is -0.344 e. The van der Waals surface area contributed by atoms with Crippen molar-refractivity contribution in [3.05, 3.63) is 0 Å². The molecule has 0 aromatic heterocycles. The fraction of sp³-hybridized carbons (Fsp3) is 0.750. The van der Waals surface area contributed by atoms with Crippen LogP contribution in [0.25, 0.3) is 0 Å². The minimum atomic E-state index is 0.00213. The molecule has 3 nitrogen and oxygen atoms in total. The maximum Gasteiger partial charge on any atom is 0.234 e. The van der Waals surface area contributed by atoms with E-state index < -0.39 is 0 Å². The summed E-state index contributed by atoms with van der Waals surface area (Å²) < 4.78 is 0. The summed E-state index contributed by atoms with van der Waals surface area (Å²) in [7, 11) is 0. The van der Waals surface area contributed by atoms with E-state index in [4.69, 9.17) is 6.42 Å². The predicted molar refractivity (Wildman–Crippen MR) is 63.4 cm³/mol. The molecule has 0 fully saturated rings. The summed E-state index contributed by atoms with van der Waals surface area (Å²) in [6, 6.07) is 0.379. The van der Waals surface area contributed by atoms with E-state index in [1.807, 2.05) is 0 Å². The van der Waals surface area contributed by atoms with Crippen molar-refractivity contribution in [2.75, 3.05) is 19.6 Å². The van der Waals surface area contributed by atoms with Crippen LogP contribution in [0.1, 0.15) is 27.7 Å². The van der Waals surface area contributed by atoms with Crippen molar-refractivity contribution >= 4 is 5.91 Å². The third-order valence-corrected chi connectivity index (χ3v) is 2.06. The molecular formula is C12H22N2O. The summed E-state index contributed by atoms with van der Waals surface area (Å²) >= 11 is 0. The Hall–Kier alpha value is -1.01. The SMILES string of the molecule is C#CCNC(=O)CN(CC(C)C)C(C)C. The molecule has 0 heterocycles. The number of carbonyl (C=O) groups excluding carboxylic acids is 1. The van der Waals surface area contributed by atoms with E-state index in [1.165, 1.54) is 0 Å². The highest BCUT2D eigenvalue weighted by Gasteiger charge is 2.14. The average Bonchev–Trinajstić information content (AvgIpc) is 2.12. The quantitative estimate of drug-likeness (QED) is 0.666. The Bertz CT molecular complexity index is 228. The highest BCUT2D eigenvalue weighted by atomic mass is 16.2. The first-order chi connectivity index (χ1) is 6.97. The molecule has 0 aliphatic rings. The van der Waals surface area contributed by atoms with Crippen LogP contribution < -0.4 is 5.32 Å². The summed E-state index contributed by atoms with van der Waals surface area (Å²) in [5.41, 5.74) is 0. The van der Waals surface area contributed by atoms with E-state index in [2.05, 4.69) is 43.8 Å². The first kappa shape index (κ1) is 14.0. The molecule has 0 saturated heterocycles. The van der Waals surface area contributed by atoms with Crippen molar-refractivity contribution in [3.8, 4) is 12.3 Å². The van der Waals surface area contributed by atoms with Gasteiger partial charge in [0, 0.05) is 12.6 Å². The van der Waals surface area contributed by atoms with Crippen molar-refractivity contribution < 1.29 is 4.79 Å². The summed E-state index contributed by atoms with van der Waals surface area (Å²) in [4.78, 5) is 13.6. The number of amides is 1. The molecule has 0 bridgehead atoms. The molecule has 1 amide bonds. The molecule has 0 aliphatic carbocycles. The minimum absolute atomic E-state index is 0.00213. The fourth-order valence-corrected chi connectivity index (χ4v) is 1.32. The summed E-state index contributed by atoms with van der Waals surface area (Å²) in [6.45, 7) is 10.2. The van der Waals surface area contributed by atoms with Gasteiger partial charge in [0.05, 0.1) is 13.1 Å². The molecule has 0 radical (unpaired) electrons. The number of hydrogen-bond acceptors (Lipinski definition) is 2. The second kappa shape index (κ2) is 7.30. The van der Waals surface area contributed by atoms with E-state index in [0.29, 0.717) is 25.0 Å². The number of rotatable bonds is 6. The predicted octanol–water partition coefficient (Wildman–Crippen LogP) is 1.10. The van der Waals surface area contributed by atoms with Crippen LogP contribution in [0.5, 0.6) is 0 Å². The van der Waals surface area contributed by atoms with Crippen LogP contribution in [0.4, 0.5) is 0 Å². The van der Waals surface area contributed by atoms with Crippen LogP contribution in [-0.4, -0.2) is 36.5 Å². The Morgan fingerprint density at radius 1 is 1.40 bits per heavy atom. The fourth-order valence-electron chi connectivity index (χ4n) is 1.32. The Morgan fingerprint density at radius 2 is 2.00 bits per heavy atom. The van der Waals surface area contributed by atoms with Gasteiger partial charge < -0.3 is 5.32 Å². The lowest BCUT2D eigenvalue weighted by molar-refractivity contribution is -0.122. The van der Waals surface area contributed by atoms with Gasteiger partial charge in [-0.1, -0.05) is 19.8 Å². The first-order valence-electron chi connectivity index (χ1n) is 5.41. The normalized spacial score (nSPS) is 10.8. The van der Waals surface area contributed by atoms with Gasteiger partial charge in [0.25, 0.3) is 0 Å². The summed E-state index contributed by atoms with van der Waals surface area (Å²) in [5, 5.41) is 2.67. The topological polar surface area (TPSA) is 32.3 Å². The van der Waals surface area contributed by atoms with Crippen molar-refractivity contribution in [2.45, 2.75) is 33.7 Å². The molecule has 0 atom stereocenters. The lowest BCUT2D eigenvalue weighted by Gasteiger charge is -2.27. The van der Waals surface area contributed by atoms with Crippen LogP contribution >= 0.6 is 0 Å². The Morgan fingerprint density at radius 3 is 2.40 bits per heavy atom. The lowest BCUT2D eigenvalue weighted by Crippen LogP contribution is -2.42. The van der Waals surface area contributed by atoms with E-state index in [-0.39, 0.29) is 5.91 Å². The zero-order chi connectivity index (χ0) is 11.8. The van der Waals surface area contributed by atoms with Crippen LogP contribution in [0, 0.1) is 18.3 Å². The third kappa shape index (κ3) is 6.98. The molecule has 3 heteroatoms. The van der Waals surface area contributed by atoms with Crippen LogP contribution in [0.3, 0.4) is 0 Å². The smallest absolute Gasteiger partial charge is 0.234 e. The van der Waals surface area contributed by atoms with E-state index in [0.717, 1.165) is 6.54 Å². The lowest BCUT2D eigenvalue weighted by atomic mass is 10.2. The molecule has 0 unspecified atom stereocenters. The summed E-state index contributed by atoms with van der Waals surface area (Å²) in [6.07, 6.45) is 5.07. The Balaban J connectivity index is 4.05. The third-order valence-electron chi connectivity index (χ3n) is 2.06. The van der Waals surface area contributed by atoms with Gasteiger partial charge >= 0.3 is 0 Å². The molecule has 86 valence electrons. The molecule has 0 rings (SSSR count). The van der Waals surface area contributed by atoms with Gasteiger partial charge in [0.2, 0.25) is 5.91 Å². The highest BCUT2D eigenvalue weighted by molar-refractivity contribution is 5.78. The largest absolute Gasteiger partial charge is 0.344 e. The van der Waals surface area contributed by atoms with Gasteiger partial charge in [0.1, 0.15) is 0 Å². The monoisotopic (exact) mass is 210 g/mol. The van der Waals surface area contributed by atoms with Gasteiger partial charge in [-0.05, 0) is 19.8 Å². The number of nitrogens with one attached hydrogen (secondary N) is 1. The van der Waals surface area contributed by atoms with Gasteiger partial charge in [-0.2, -0.15) is 0 Å². The maximum absolute atomic E-state index is 11.4. The number of carbonyl (C=O) groups is 1. The van der Waals surface area contributed by atoms with Gasteiger partial charge in [-0.25, -0.2) is 0 Å². The summed E-state index contributed by atoms with van der Waals surface area (Å²) in [5.74, 6) is 2.96. The van der Waals surface area contributed by atoms with Gasteiger partial charge in [0.15, 0.2) is 0 Å². The van der Waals surface area contributed by atoms with Crippen molar-refractivity contribution in [3.63, 3.8) is 0 Å². The van der Waals surface area contributed by atoms with Crippen molar-refractivity contribution in [2.24, 2.45) is 5.92 Å². The zero-order valence-corrected chi connectivity index (χ0v) is 10.2. The molecule has 0 aromatic carbocycles. The molecule has 1 N–H and O–H groups in total.